The van der Waals surface area contributed by atoms with E-state index in [1.54, 1.807) is 0 Å². The van der Waals surface area contributed by atoms with Gasteiger partial charge in [-0.3, -0.25) is 0 Å². The fourth-order valence-electron chi connectivity index (χ4n) is 3.89. The Bertz CT molecular complexity index is 283. The summed E-state index contributed by atoms with van der Waals surface area (Å²) in [5.74, 6) is 1.86. The van der Waals surface area contributed by atoms with Crippen LogP contribution >= 0.6 is 0 Å². The molecule has 2 aliphatic carbocycles. The van der Waals surface area contributed by atoms with Crippen molar-refractivity contribution in [3.8, 4) is 0 Å². The topological polar surface area (TPSA) is 36.4 Å². The van der Waals surface area contributed by atoms with Crippen LogP contribution in [-0.2, 0) is 0 Å². The molecule has 0 aromatic heterocycles. The van der Waals surface area contributed by atoms with Gasteiger partial charge < -0.3 is 5.53 Å². The molecule has 0 amide bonds. The van der Waals surface area contributed by atoms with Crippen LogP contribution < -0.4 is 0 Å². The van der Waals surface area contributed by atoms with Crippen molar-refractivity contribution < 1.29 is 4.79 Å². The molecule has 0 heterocycles. The second-order valence-electron chi connectivity index (χ2n) is 6.32. The lowest BCUT2D eigenvalue weighted by Gasteiger charge is -2.29. The predicted molar refractivity (Wildman–Crippen MR) is 75.6 cm³/mol. The quantitative estimate of drug-likeness (QED) is 0.463. The zero-order chi connectivity index (χ0) is 12.6. The summed E-state index contributed by atoms with van der Waals surface area (Å²) in [7, 11) is 0. The Hall–Kier alpha value is -0.620. The van der Waals surface area contributed by atoms with Crippen molar-refractivity contribution in [2.75, 3.05) is 0 Å². The van der Waals surface area contributed by atoms with Crippen molar-refractivity contribution in [2.45, 2.75) is 83.5 Å². The van der Waals surface area contributed by atoms with Gasteiger partial charge in [-0.2, -0.15) is 4.79 Å². The van der Waals surface area contributed by atoms with Gasteiger partial charge in [-0.25, -0.2) is 0 Å². The molecule has 0 N–H and O–H groups in total. The third kappa shape index (κ3) is 4.24. The zero-order valence-electron chi connectivity index (χ0n) is 11.7. The van der Waals surface area contributed by atoms with E-state index in [1.165, 1.54) is 70.6 Å². The molecule has 0 bridgehead atoms. The van der Waals surface area contributed by atoms with Crippen molar-refractivity contribution in [3.05, 3.63) is 5.53 Å². The monoisotopic (exact) mass is 248 g/mol. The van der Waals surface area contributed by atoms with Gasteiger partial charge in [0.2, 0.25) is 0 Å². The van der Waals surface area contributed by atoms with Crippen LogP contribution in [0.3, 0.4) is 0 Å². The van der Waals surface area contributed by atoms with Gasteiger partial charge in [-0.1, -0.05) is 57.8 Å². The summed E-state index contributed by atoms with van der Waals surface area (Å²) in [5.41, 5.74) is 10.0. The molecule has 2 aliphatic rings. The summed E-state index contributed by atoms with van der Waals surface area (Å²) in [4.78, 5) is 3.48. The second kappa shape index (κ2) is 7.74. The van der Waals surface area contributed by atoms with Crippen molar-refractivity contribution in [1.29, 1.82) is 0 Å². The molecular weight excluding hydrogens is 220 g/mol. The van der Waals surface area contributed by atoms with Gasteiger partial charge in [0.25, 0.3) is 5.71 Å². The molecule has 2 nitrogen and oxygen atoms in total. The molecule has 18 heavy (non-hydrogen) atoms. The molecule has 1 atom stereocenters. The molecule has 0 radical (unpaired) electrons. The highest BCUT2D eigenvalue weighted by Crippen LogP contribution is 2.35. The fourth-order valence-corrected chi connectivity index (χ4v) is 3.89. The summed E-state index contributed by atoms with van der Waals surface area (Å²) in [6, 6.07) is 0. The summed E-state index contributed by atoms with van der Waals surface area (Å²) in [6.07, 6.45) is 17.5. The van der Waals surface area contributed by atoms with Crippen molar-refractivity contribution >= 4 is 5.71 Å². The van der Waals surface area contributed by atoms with Gasteiger partial charge in [0.15, 0.2) is 0 Å². The van der Waals surface area contributed by atoms with E-state index < -0.39 is 0 Å². The third-order valence-corrected chi connectivity index (χ3v) is 5.05. The van der Waals surface area contributed by atoms with Crippen LogP contribution in [-0.4, -0.2) is 10.5 Å². The van der Waals surface area contributed by atoms with Crippen LogP contribution in [0.4, 0.5) is 0 Å². The largest absolute Gasteiger partial charge is 0.362 e. The second-order valence-corrected chi connectivity index (χ2v) is 6.32. The molecule has 1 unspecified atom stereocenters. The Morgan fingerprint density at radius 3 is 1.89 bits per heavy atom. The van der Waals surface area contributed by atoms with Crippen LogP contribution in [0, 0.1) is 11.8 Å². The highest BCUT2D eigenvalue weighted by Gasteiger charge is 2.25. The van der Waals surface area contributed by atoms with E-state index in [4.69, 9.17) is 5.53 Å². The summed E-state index contributed by atoms with van der Waals surface area (Å²) in [5, 5.41) is 0. The van der Waals surface area contributed by atoms with Crippen molar-refractivity contribution in [2.24, 2.45) is 11.8 Å². The van der Waals surface area contributed by atoms with E-state index in [9.17, 15) is 0 Å². The SMILES string of the molecule is [N-]=[N+]=C1CCCCC(C2CCCCCCC2)CC1. The Morgan fingerprint density at radius 1 is 0.667 bits per heavy atom. The summed E-state index contributed by atoms with van der Waals surface area (Å²) < 4.78 is 0. The van der Waals surface area contributed by atoms with Crippen molar-refractivity contribution in [3.63, 3.8) is 0 Å². The summed E-state index contributed by atoms with van der Waals surface area (Å²) in [6.45, 7) is 0. The average Bonchev–Trinajstić information content (AvgIpc) is 2.30. The maximum atomic E-state index is 8.97. The minimum atomic E-state index is 0.903. The van der Waals surface area contributed by atoms with Gasteiger partial charge in [0.1, 0.15) is 0 Å². The molecule has 2 heteroatoms. The maximum Gasteiger partial charge on any atom is 0.268 e. The molecule has 102 valence electrons. The van der Waals surface area contributed by atoms with E-state index in [0.29, 0.717) is 0 Å². The molecule has 0 spiro atoms. The van der Waals surface area contributed by atoms with Gasteiger partial charge >= 0.3 is 0 Å². The molecule has 0 aliphatic heterocycles. The first kappa shape index (κ1) is 13.8. The lowest BCUT2D eigenvalue weighted by Crippen LogP contribution is -2.19. The Kier molecular flexibility index (Phi) is 5.93. The maximum absolute atomic E-state index is 8.97. The molecule has 0 aromatic carbocycles. The van der Waals surface area contributed by atoms with Crippen molar-refractivity contribution in [1.82, 2.24) is 0 Å². The van der Waals surface area contributed by atoms with Gasteiger partial charge in [0, 0.05) is 12.8 Å². The van der Waals surface area contributed by atoms with Crippen LogP contribution in [0.2, 0.25) is 0 Å². The average molecular weight is 248 g/mol. The van der Waals surface area contributed by atoms with Crippen LogP contribution in [0.1, 0.15) is 83.5 Å². The van der Waals surface area contributed by atoms with E-state index in [-0.39, 0.29) is 0 Å². The minimum Gasteiger partial charge on any atom is -0.362 e. The molecule has 2 rings (SSSR count). The van der Waals surface area contributed by atoms with Gasteiger partial charge in [-0.05, 0) is 24.7 Å². The summed E-state index contributed by atoms with van der Waals surface area (Å²) >= 11 is 0. The van der Waals surface area contributed by atoms with E-state index in [2.05, 4.69) is 4.79 Å². The lowest BCUT2D eigenvalue weighted by atomic mass is 9.76. The zero-order valence-corrected chi connectivity index (χ0v) is 11.7. The van der Waals surface area contributed by atoms with E-state index >= 15 is 0 Å². The molecule has 2 saturated carbocycles. The fraction of sp³-hybridized carbons (Fsp3) is 0.938. The number of hydrogen-bond acceptors (Lipinski definition) is 0. The molecular formula is C16H28N2. The number of nitrogens with zero attached hydrogens (tertiary/aromatic N) is 2. The molecule has 2 fully saturated rings. The predicted octanol–water partition coefficient (Wildman–Crippen LogP) is 4.99. The Morgan fingerprint density at radius 2 is 1.22 bits per heavy atom. The first-order valence-electron chi connectivity index (χ1n) is 8.10. The standard InChI is InChI=1S/C16H28N2/c17-18-16-11-7-6-10-15(12-13-16)14-8-4-2-1-3-5-9-14/h14-15H,1-13H2. The lowest BCUT2D eigenvalue weighted by molar-refractivity contribution is -0.0130. The molecule has 0 aromatic rings. The highest BCUT2D eigenvalue weighted by molar-refractivity contribution is 5.78. The normalized spacial score (nSPS) is 28.7. The molecule has 0 saturated heterocycles. The first-order chi connectivity index (χ1) is 8.90. The number of hydrogen-bond donors (Lipinski definition) is 0. The Labute approximate surface area is 112 Å². The highest BCUT2D eigenvalue weighted by atomic mass is 14.9. The van der Waals surface area contributed by atoms with Gasteiger partial charge in [-0.15, -0.1) is 0 Å². The Balaban J connectivity index is 1.89. The van der Waals surface area contributed by atoms with Crippen LogP contribution in [0.25, 0.3) is 5.53 Å². The van der Waals surface area contributed by atoms with Crippen LogP contribution in [0.15, 0.2) is 0 Å². The smallest absolute Gasteiger partial charge is 0.268 e. The minimum absolute atomic E-state index is 0.903. The van der Waals surface area contributed by atoms with Gasteiger partial charge in [0.05, 0.1) is 0 Å². The van der Waals surface area contributed by atoms with E-state index in [0.717, 1.165) is 30.4 Å². The van der Waals surface area contributed by atoms with Crippen LogP contribution in [0.5, 0.6) is 0 Å². The van der Waals surface area contributed by atoms with E-state index in [1.807, 2.05) is 0 Å². The number of rotatable bonds is 1. The first-order valence-corrected chi connectivity index (χ1v) is 8.10. The third-order valence-electron chi connectivity index (χ3n) is 5.05.